The van der Waals surface area contributed by atoms with E-state index >= 15 is 0 Å². The summed E-state index contributed by atoms with van der Waals surface area (Å²) in [4.78, 5) is 11.0. The van der Waals surface area contributed by atoms with E-state index in [0.717, 1.165) is 28.2 Å². The smallest absolute Gasteiger partial charge is 0.150 e. The average Bonchev–Trinajstić information content (AvgIpc) is 2.17. The van der Waals surface area contributed by atoms with E-state index in [9.17, 15) is 4.79 Å². The van der Waals surface area contributed by atoms with Gasteiger partial charge in [-0.15, -0.1) is 0 Å². The largest absolute Gasteiger partial charge is 0.298 e. The quantitative estimate of drug-likeness (QED) is 0.622. The van der Waals surface area contributed by atoms with E-state index in [-0.39, 0.29) is 0 Å². The maximum absolute atomic E-state index is 11.0. The molecule has 2 aromatic rings. The van der Waals surface area contributed by atoms with Crippen LogP contribution in [0.4, 0.5) is 0 Å². The molecule has 0 amide bonds. The number of benzene rings is 2. The van der Waals surface area contributed by atoms with Crippen molar-refractivity contribution in [3.8, 4) is 0 Å². The Kier molecular flexibility index (Phi) is 2.08. The van der Waals surface area contributed by atoms with E-state index in [0.29, 0.717) is 0 Å². The van der Waals surface area contributed by atoms with Crippen LogP contribution in [0.3, 0.4) is 0 Å². The molecule has 1 heteroatoms. The van der Waals surface area contributed by atoms with Crippen LogP contribution in [0.5, 0.6) is 0 Å². The van der Waals surface area contributed by atoms with Crippen LogP contribution in [0.1, 0.15) is 21.5 Å². The molecule has 0 atom stereocenters. The monoisotopic (exact) mass is 184 g/mol. The number of hydrogen-bond donors (Lipinski definition) is 0. The summed E-state index contributed by atoms with van der Waals surface area (Å²) in [6.07, 6.45) is 0.942. The Morgan fingerprint density at radius 1 is 1.07 bits per heavy atom. The van der Waals surface area contributed by atoms with Gasteiger partial charge in [-0.3, -0.25) is 4.79 Å². The number of aldehydes is 1. The van der Waals surface area contributed by atoms with Crippen molar-refractivity contribution in [2.75, 3.05) is 0 Å². The lowest BCUT2D eigenvalue weighted by Crippen LogP contribution is -1.89. The maximum atomic E-state index is 11.0. The van der Waals surface area contributed by atoms with Crippen LogP contribution in [-0.2, 0) is 0 Å². The van der Waals surface area contributed by atoms with E-state index in [1.165, 1.54) is 5.56 Å². The Morgan fingerprint density at radius 3 is 2.50 bits per heavy atom. The molecular weight excluding hydrogens is 172 g/mol. The van der Waals surface area contributed by atoms with Crippen LogP contribution in [-0.4, -0.2) is 6.29 Å². The van der Waals surface area contributed by atoms with Gasteiger partial charge in [-0.05, 0) is 30.2 Å². The van der Waals surface area contributed by atoms with Crippen LogP contribution >= 0.6 is 0 Å². The molecule has 0 aliphatic heterocycles. The van der Waals surface area contributed by atoms with Gasteiger partial charge in [0.25, 0.3) is 0 Å². The Morgan fingerprint density at radius 2 is 1.79 bits per heavy atom. The molecule has 2 aromatic carbocycles. The average molecular weight is 184 g/mol. The van der Waals surface area contributed by atoms with E-state index in [1.807, 2.05) is 19.9 Å². The molecule has 0 spiro atoms. The predicted octanol–water partition coefficient (Wildman–Crippen LogP) is 3.27. The summed E-state index contributed by atoms with van der Waals surface area (Å²) < 4.78 is 0. The summed E-state index contributed by atoms with van der Waals surface area (Å²) in [6.45, 7) is 4.00. The van der Waals surface area contributed by atoms with Crippen LogP contribution < -0.4 is 0 Å². The number of carbonyl (C=O) groups excluding carboxylic acids is 1. The van der Waals surface area contributed by atoms with Crippen molar-refractivity contribution in [2.45, 2.75) is 13.8 Å². The van der Waals surface area contributed by atoms with Gasteiger partial charge in [-0.25, -0.2) is 0 Å². The minimum Gasteiger partial charge on any atom is -0.298 e. The van der Waals surface area contributed by atoms with Crippen molar-refractivity contribution in [3.63, 3.8) is 0 Å². The number of hydrogen-bond acceptors (Lipinski definition) is 1. The highest BCUT2D eigenvalue weighted by Crippen LogP contribution is 2.21. The maximum Gasteiger partial charge on any atom is 0.150 e. The minimum atomic E-state index is 0.811. The lowest BCUT2D eigenvalue weighted by Gasteiger charge is -2.05. The van der Waals surface area contributed by atoms with Gasteiger partial charge in [0.15, 0.2) is 6.29 Å². The third-order valence-corrected chi connectivity index (χ3v) is 2.55. The van der Waals surface area contributed by atoms with Gasteiger partial charge in [0.05, 0.1) is 0 Å². The molecule has 0 aliphatic rings. The summed E-state index contributed by atoms with van der Waals surface area (Å²) >= 11 is 0. The summed E-state index contributed by atoms with van der Waals surface area (Å²) in [7, 11) is 0. The molecule has 0 aromatic heterocycles. The second kappa shape index (κ2) is 3.26. The van der Waals surface area contributed by atoms with Crippen molar-refractivity contribution < 1.29 is 4.79 Å². The van der Waals surface area contributed by atoms with Gasteiger partial charge >= 0.3 is 0 Å². The van der Waals surface area contributed by atoms with Gasteiger partial charge in [0.1, 0.15) is 0 Å². The van der Waals surface area contributed by atoms with Crippen molar-refractivity contribution in [1.82, 2.24) is 0 Å². The molecule has 70 valence electrons. The zero-order chi connectivity index (χ0) is 10.1. The highest BCUT2D eigenvalue weighted by molar-refractivity contribution is 5.99. The second-order valence-corrected chi connectivity index (χ2v) is 3.64. The summed E-state index contributed by atoms with van der Waals surface area (Å²) in [6, 6.07) is 10.2. The Labute approximate surface area is 83.4 Å². The fraction of sp³-hybridized carbons (Fsp3) is 0.154. The van der Waals surface area contributed by atoms with Crippen molar-refractivity contribution in [3.05, 3.63) is 47.0 Å². The van der Waals surface area contributed by atoms with Gasteiger partial charge in [-0.2, -0.15) is 0 Å². The van der Waals surface area contributed by atoms with E-state index in [1.54, 1.807) is 0 Å². The Bertz CT molecular complexity index is 493. The highest BCUT2D eigenvalue weighted by atomic mass is 16.1. The molecular formula is C13H12O. The zero-order valence-corrected chi connectivity index (χ0v) is 8.37. The molecule has 0 radical (unpaired) electrons. The Hall–Kier alpha value is -1.63. The molecule has 0 unspecified atom stereocenters. The lowest BCUT2D eigenvalue weighted by atomic mass is 9.99. The van der Waals surface area contributed by atoms with E-state index < -0.39 is 0 Å². The summed E-state index contributed by atoms with van der Waals surface area (Å²) in [5.74, 6) is 0. The first-order valence-electron chi connectivity index (χ1n) is 4.67. The summed E-state index contributed by atoms with van der Waals surface area (Å²) in [5.41, 5.74) is 3.04. The second-order valence-electron chi connectivity index (χ2n) is 3.64. The molecule has 0 saturated carbocycles. The molecule has 0 aliphatic carbocycles. The number of rotatable bonds is 1. The molecule has 2 rings (SSSR count). The molecule has 14 heavy (non-hydrogen) atoms. The molecule has 1 nitrogen and oxygen atoms in total. The van der Waals surface area contributed by atoms with Crippen molar-refractivity contribution in [2.24, 2.45) is 0 Å². The third-order valence-electron chi connectivity index (χ3n) is 2.55. The zero-order valence-electron chi connectivity index (χ0n) is 8.37. The first kappa shape index (κ1) is 8.95. The predicted molar refractivity (Wildman–Crippen MR) is 58.8 cm³/mol. The normalized spacial score (nSPS) is 10.4. The third kappa shape index (κ3) is 1.31. The SMILES string of the molecule is Cc1ccc2ccc(C)c(C=O)c2c1. The van der Waals surface area contributed by atoms with Crippen LogP contribution in [0, 0.1) is 13.8 Å². The minimum absolute atomic E-state index is 0.811. The van der Waals surface area contributed by atoms with Gasteiger partial charge in [-0.1, -0.05) is 35.9 Å². The van der Waals surface area contributed by atoms with E-state index in [4.69, 9.17) is 0 Å². The molecule has 0 bridgehead atoms. The molecule has 0 fully saturated rings. The number of aryl methyl sites for hydroxylation is 2. The molecule has 0 heterocycles. The van der Waals surface area contributed by atoms with Crippen LogP contribution in [0.2, 0.25) is 0 Å². The van der Waals surface area contributed by atoms with E-state index in [2.05, 4.69) is 24.3 Å². The fourth-order valence-electron chi connectivity index (χ4n) is 1.72. The fourth-order valence-corrected chi connectivity index (χ4v) is 1.72. The van der Waals surface area contributed by atoms with Crippen LogP contribution in [0.15, 0.2) is 30.3 Å². The summed E-state index contributed by atoms with van der Waals surface area (Å²) in [5, 5.41) is 2.18. The molecule has 0 saturated heterocycles. The topological polar surface area (TPSA) is 17.1 Å². The first-order chi connectivity index (χ1) is 6.72. The van der Waals surface area contributed by atoms with Crippen LogP contribution in [0.25, 0.3) is 10.8 Å². The first-order valence-corrected chi connectivity index (χ1v) is 4.67. The van der Waals surface area contributed by atoms with Gasteiger partial charge in [0.2, 0.25) is 0 Å². The van der Waals surface area contributed by atoms with Gasteiger partial charge in [0, 0.05) is 5.56 Å². The standard InChI is InChI=1S/C13H12O/c1-9-3-5-11-6-4-10(2)13(8-14)12(11)7-9/h3-8H,1-2H3. The number of fused-ring (bicyclic) bond motifs is 1. The van der Waals surface area contributed by atoms with Crippen molar-refractivity contribution >= 4 is 17.1 Å². The number of carbonyl (C=O) groups is 1. The van der Waals surface area contributed by atoms with Crippen molar-refractivity contribution in [1.29, 1.82) is 0 Å². The highest BCUT2D eigenvalue weighted by Gasteiger charge is 2.03. The Balaban J connectivity index is 2.91. The van der Waals surface area contributed by atoms with Gasteiger partial charge < -0.3 is 0 Å². The lowest BCUT2D eigenvalue weighted by molar-refractivity contribution is 0.112. The molecule has 0 N–H and O–H groups in total.